The van der Waals surface area contributed by atoms with Crippen LogP contribution in [0.5, 0.6) is 5.75 Å². The van der Waals surface area contributed by atoms with Crippen LogP contribution in [0.3, 0.4) is 0 Å². The number of anilines is 2. The van der Waals surface area contributed by atoms with Crippen LogP contribution in [-0.2, 0) is 6.18 Å². The number of nitrogens with one attached hydrogen (secondary N) is 1. The number of nitrogens with zero attached hydrogens (tertiary/aromatic N) is 2. The topological polar surface area (TPSA) is 47.0 Å². The molecule has 0 bridgehead atoms. The fourth-order valence-corrected chi connectivity index (χ4v) is 4.75. The molecule has 1 saturated carbocycles. The number of hydrogen-bond donors (Lipinski definition) is 1. The van der Waals surface area contributed by atoms with E-state index >= 15 is 0 Å². The van der Waals surface area contributed by atoms with Gasteiger partial charge in [-0.2, -0.15) is 13.2 Å². The molecule has 1 aromatic carbocycles. The van der Waals surface area contributed by atoms with E-state index in [1.165, 1.54) is 43.1 Å². The molecule has 32 heavy (non-hydrogen) atoms. The van der Waals surface area contributed by atoms with Crippen LogP contribution in [0, 0.1) is 12.8 Å². The Bertz CT molecular complexity index is 1030. The SMILES string of the molecule is Cc1ccc(-c2csc(Nc3ccc(OCCCC4CCCC4)c(C(F)(F)F)c3)n2)cn1. The molecule has 0 aliphatic heterocycles. The quantitative estimate of drug-likeness (QED) is 0.350. The third-order valence-corrected chi connectivity index (χ3v) is 6.49. The van der Waals surface area contributed by atoms with Crippen molar-refractivity contribution < 1.29 is 17.9 Å². The minimum absolute atomic E-state index is 0.125. The summed E-state index contributed by atoms with van der Waals surface area (Å²) >= 11 is 1.33. The van der Waals surface area contributed by atoms with Gasteiger partial charge in [0.15, 0.2) is 5.13 Å². The van der Waals surface area contributed by atoms with Crippen molar-refractivity contribution in [2.24, 2.45) is 5.92 Å². The van der Waals surface area contributed by atoms with Gasteiger partial charge in [-0.15, -0.1) is 11.3 Å². The lowest BCUT2D eigenvalue weighted by Gasteiger charge is -2.16. The monoisotopic (exact) mass is 461 g/mol. The normalized spacial score (nSPS) is 14.6. The van der Waals surface area contributed by atoms with Gasteiger partial charge in [-0.1, -0.05) is 25.7 Å². The molecular weight excluding hydrogens is 435 g/mol. The smallest absolute Gasteiger partial charge is 0.420 e. The number of rotatable bonds is 8. The van der Waals surface area contributed by atoms with Crippen LogP contribution in [0.1, 0.15) is 49.8 Å². The molecule has 1 aliphatic carbocycles. The summed E-state index contributed by atoms with van der Waals surface area (Å²) < 4.78 is 46.5. The molecule has 0 radical (unpaired) electrons. The zero-order chi connectivity index (χ0) is 22.6. The Morgan fingerprint density at radius 3 is 2.69 bits per heavy atom. The molecule has 8 heteroatoms. The minimum atomic E-state index is -4.50. The first kappa shape index (κ1) is 22.6. The van der Waals surface area contributed by atoms with Gasteiger partial charge in [-0.05, 0) is 56.0 Å². The molecule has 170 valence electrons. The molecule has 1 aliphatic rings. The minimum Gasteiger partial charge on any atom is -0.493 e. The van der Waals surface area contributed by atoms with E-state index in [0.29, 0.717) is 23.3 Å². The third-order valence-electron chi connectivity index (χ3n) is 5.74. The maximum Gasteiger partial charge on any atom is 0.420 e. The fourth-order valence-electron chi connectivity index (χ4n) is 4.01. The predicted molar refractivity (Wildman–Crippen MR) is 121 cm³/mol. The Morgan fingerprint density at radius 1 is 1.16 bits per heavy atom. The van der Waals surface area contributed by atoms with E-state index in [-0.39, 0.29) is 5.75 Å². The van der Waals surface area contributed by atoms with Crippen LogP contribution in [-0.4, -0.2) is 16.6 Å². The second kappa shape index (κ2) is 9.90. The zero-order valence-electron chi connectivity index (χ0n) is 17.9. The molecule has 0 unspecified atom stereocenters. The van der Waals surface area contributed by atoms with Gasteiger partial charge >= 0.3 is 6.18 Å². The van der Waals surface area contributed by atoms with E-state index in [9.17, 15) is 13.2 Å². The first-order valence-corrected chi connectivity index (χ1v) is 11.8. The Hall–Kier alpha value is -2.61. The first-order chi connectivity index (χ1) is 15.4. The van der Waals surface area contributed by atoms with Gasteiger partial charge in [0, 0.05) is 28.5 Å². The largest absolute Gasteiger partial charge is 0.493 e. The maximum atomic E-state index is 13.7. The lowest BCUT2D eigenvalue weighted by molar-refractivity contribution is -0.138. The number of halogens is 3. The second-order valence-electron chi connectivity index (χ2n) is 8.20. The summed E-state index contributed by atoms with van der Waals surface area (Å²) in [5.41, 5.74) is 2.03. The number of pyridine rings is 1. The van der Waals surface area contributed by atoms with Gasteiger partial charge in [0.25, 0.3) is 0 Å². The lowest BCUT2D eigenvalue weighted by Crippen LogP contribution is -2.10. The molecule has 2 heterocycles. The summed E-state index contributed by atoms with van der Waals surface area (Å²) in [6.45, 7) is 2.20. The van der Waals surface area contributed by atoms with Crippen LogP contribution < -0.4 is 10.1 Å². The molecule has 1 N–H and O–H groups in total. The molecule has 4 nitrogen and oxygen atoms in total. The Labute approximate surface area is 189 Å². The molecular formula is C24H26F3N3OS. The average Bonchev–Trinajstić information content (AvgIpc) is 3.44. The van der Waals surface area contributed by atoms with Crippen LogP contribution in [0.25, 0.3) is 11.3 Å². The van der Waals surface area contributed by atoms with Crippen molar-refractivity contribution in [3.05, 3.63) is 53.2 Å². The molecule has 0 saturated heterocycles. The highest BCUT2D eigenvalue weighted by molar-refractivity contribution is 7.14. The summed E-state index contributed by atoms with van der Waals surface area (Å²) in [7, 11) is 0. The van der Waals surface area contributed by atoms with E-state index in [2.05, 4.69) is 15.3 Å². The van der Waals surface area contributed by atoms with Crippen LogP contribution >= 0.6 is 11.3 Å². The third kappa shape index (κ3) is 5.79. The molecule has 2 aromatic heterocycles. The van der Waals surface area contributed by atoms with Crippen molar-refractivity contribution in [2.45, 2.75) is 51.6 Å². The van der Waals surface area contributed by atoms with Crippen molar-refractivity contribution in [1.29, 1.82) is 0 Å². The Balaban J connectivity index is 1.42. The number of aryl methyl sites for hydroxylation is 1. The van der Waals surface area contributed by atoms with E-state index in [0.717, 1.165) is 35.9 Å². The van der Waals surface area contributed by atoms with E-state index in [4.69, 9.17) is 4.74 Å². The highest BCUT2D eigenvalue weighted by atomic mass is 32.1. The molecule has 3 aromatic rings. The van der Waals surface area contributed by atoms with Gasteiger partial charge in [0.1, 0.15) is 5.75 Å². The van der Waals surface area contributed by atoms with Gasteiger partial charge in [-0.25, -0.2) is 4.98 Å². The molecule has 0 atom stereocenters. The number of alkyl halides is 3. The van der Waals surface area contributed by atoms with Gasteiger partial charge in [0.2, 0.25) is 0 Å². The van der Waals surface area contributed by atoms with Crippen LogP contribution in [0.2, 0.25) is 0 Å². The second-order valence-corrected chi connectivity index (χ2v) is 9.06. The predicted octanol–water partition coefficient (Wildman–Crippen LogP) is 7.63. The van der Waals surface area contributed by atoms with Crippen LogP contribution in [0.15, 0.2) is 41.9 Å². The number of aromatic nitrogens is 2. The number of hydrogen-bond acceptors (Lipinski definition) is 5. The molecule has 0 spiro atoms. The Kier molecular flexibility index (Phi) is 6.98. The molecule has 1 fully saturated rings. The maximum absolute atomic E-state index is 13.7. The van der Waals surface area contributed by atoms with Gasteiger partial charge < -0.3 is 10.1 Å². The van der Waals surface area contributed by atoms with Crippen molar-refractivity contribution in [3.63, 3.8) is 0 Å². The van der Waals surface area contributed by atoms with Gasteiger partial charge in [0.05, 0.1) is 17.9 Å². The highest BCUT2D eigenvalue weighted by Gasteiger charge is 2.35. The zero-order valence-corrected chi connectivity index (χ0v) is 18.7. The lowest BCUT2D eigenvalue weighted by atomic mass is 10.0. The number of ether oxygens (including phenoxy) is 1. The highest BCUT2D eigenvalue weighted by Crippen LogP contribution is 2.39. The Morgan fingerprint density at radius 2 is 1.97 bits per heavy atom. The summed E-state index contributed by atoms with van der Waals surface area (Å²) in [6.07, 6.45) is 4.01. The number of thiazole rings is 1. The van der Waals surface area contributed by atoms with Gasteiger partial charge in [-0.3, -0.25) is 4.98 Å². The standard InChI is InChI=1S/C24H26F3N3OS/c1-16-8-9-18(14-28-16)21-15-32-23(30-21)29-19-10-11-22(20(13-19)24(25,26)27)31-12-4-7-17-5-2-3-6-17/h8-11,13-15,17H,2-7,12H2,1H3,(H,29,30). The molecule has 4 rings (SSSR count). The summed E-state index contributed by atoms with van der Waals surface area (Å²) in [5.74, 6) is 0.575. The number of benzene rings is 1. The van der Waals surface area contributed by atoms with Crippen LogP contribution in [0.4, 0.5) is 24.0 Å². The van der Waals surface area contributed by atoms with Crippen molar-refractivity contribution >= 4 is 22.2 Å². The summed E-state index contributed by atoms with van der Waals surface area (Å²) in [4.78, 5) is 8.73. The fraction of sp³-hybridized carbons (Fsp3) is 0.417. The van der Waals surface area contributed by atoms with E-state index < -0.39 is 11.7 Å². The molecule has 0 amide bonds. The van der Waals surface area contributed by atoms with Crippen molar-refractivity contribution in [1.82, 2.24) is 9.97 Å². The van der Waals surface area contributed by atoms with E-state index in [1.54, 1.807) is 12.3 Å². The van der Waals surface area contributed by atoms with Crippen molar-refractivity contribution in [2.75, 3.05) is 11.9 Å². The summed E-state index contributed by atoms with van der Waals surface area (Å²) in [6, 6.07) is 7.88. The average molecular weight is 462 g/mol. The first-order valence-electron chi connectivity index (χ1n) is 10.9. The summed E-state index contributed by atoms with van der Waals surface area (Å²) in [5, 5.41) is 5.34. The van der Waals surface area contributed by atoms with E-state index in [1.807, 2.05) is 24.4 Å². The van der Waals surface area contributed by atoms with Crippen molar-refractivity contribution in [3.8, 4) is 17.0 Å².